The van der Waals surface area contributed by atoms with Crippen LogP contribution >= 0.6 is 24.4 Å². The summed E-state index contributed by atoms with van der Waals surface area (Å²) in [6.45, 7) is 5.84. The Morgan fingerprint density at radius 2 is 2.06 bits per heavy atom. The van der Waals surface area contributed by atoms with Crippen LogP contribution in [0, 0.1) is 19.3 Å². The molecule has 3 heterocycles. The molecule has 0 unspecified atom stereocenters. The highest BCUT2D eigenvalue weighted by atomic mass is 79.9. The molecule has 180 valence electrons. The quantitative estimate of drug-likeness (QED) is 0.352. The molecular formula is C24H25BrN7O2P. The number of carbonyl (C=O) groups excluding carboxylic acids is 1. The predicted molar refractivity (Wildman–Crippen MR) is 140 cm³/mol. The summed E-state index contributed by atoms with van der Waals surface area (Å²) in [4.78, 5) is 26.2. The van der Waals surface area contributed by atoms with E-state index >= 15 is 0 Å². The Labute approximate surface area is 212 Å². The topological polar surface area (TPSA) is 115 Å². The lowest BCUT2D eigenvalue weighted by Crippen LogP contribution is -2.35. The Hall–Kier alpha value is -2.97. The number of rotatable bonds is 5. The normalized spacial score (nSPS) is 20.1. The van der Waals surface area contributed by atoms with Crippen LogP contribution in [0.5, 0.6) is 0 Å². The van der Waals surface area contributed by atoms with Gasteiger partial charge in [0.15, 0.2) is 14.1 Å². The Bertz CT molecular complexity index is 1500. The second kappa shape index (κ2) is 8.91. The van der Waals surface area contributed by atoms with Gasteiger partial charge < -0.3 is 10.6 Å². The van der Waals surface area contributed by atoms with E-state index in [2.05, 4.69) is 41.6 Å². The second-order valence-electron chi connectivity index (χ2n) is 9.32. The van der Waals surface area contributed by atoms with Crippen LogP contribution in [0.25, 0.3) is 27.6 Å². The van der Waals surface area contributed by atoms with Crippen molar-refractivity contribution in [2.75, 3.05) is 12.4 Å². The molecule has 0 bridgehead atoms. The fourth-order valence-corrected chi connectivity index (χ4v) is 5.89. The number of fused-ring (bicyclic) bond motifs is 2. The Morgan fingerprint density at radius 3 is 2.80 bits per heavy atom. The highest BCUT2D eigenvalue weighted by Gasteiger charge is 2.41. The molecule has 1 aromatic carbocycles. The largest absolute Gasteiger partial charge is 0.359 e. The van der Waals surface area contributed by atoms with E-state index in [9.17, 15) is 9.36 Å². The van der Waals surface area contributed by atoms with E-state index in [4.69, 9.17) is 4.98 Å². The van der Waals surface area contributed by atoms with Gasteiger partial charge in [-0.1, -0.05) is 6.92 Å². The smallest absolute Gasteiger partial charge is 0.225 e. The molecule has 1 fully saturated rings. The first-order chi connectivity index (χ1) is 16.7. The average Bonchev–Trinajstić information content (AvgIpc) is 3.39. The van der Waals surface area contributed by atoms with E-state index in [1.807, 2.05) is 39.0 Å². The number of nitrogens with one attached hydrogen (secondary N) is 2. The third kappa shape index (κ3) is 4.08. The monoisotopic (exact) mass is 553 g/mol. The van der Waals surface area contributed by atoms with Gasteiger partial charge in [0.05, 0.1) is 21.9 Å². The van der Waals surface area contributed by atoms with Crippen LogP contribution in [0.4, 0.5) is 5.95 Å². The van der Waals surface area contributed by atoms with Crippen LogP contribution in [0.15, 0.2) is 29.0 Å². The Kier molecular flexibility index (Phi) is 6.05. The molecule has 9 nitrogen and oxygen atoms in total. The van der Waals surface area contributed by atoms with Gasteiger partial charge in [0.25, 0.3) is 0 Å². The zero-order valence-electron chi connectivity index (χ0n) is 19.9. The average molecular weight is 554 g/mol. The van der Waals surface area contributed by atoms with Gasteiger partial charge in [-0.3, -0.25) is 14.3 Å². The molecule has 5 rings (SSSR count). The summed E-state index contributed by atoms with van der Waals surface area (Å²) >= 11 is 3.53. The molecule has 4 aromatic rings. The molecule has 1 aliphatic carbocycles. The van der Waals surface area contributed by atoms with Crippen molar-refractivity contribution in [3.05, 3.63) is 40.3 Å². The highest BCUT2D eigenvalue weighted by Crippen LogP contribution is 2.39. The Morgan fingerprint density at radius 1 is 1.26 bits per heavy atom. The molecule has 0 saturated heterocycles. The van der Waals surface area contributed by atoms with Gasteiger partial charge in [0.2, 0.25) is 11.9 Å². The molecular weight excluding hydrogens is 529 g/mol. The number of benzene rings is 1. The van der Waals surface area contributed by atoms with Gasteiger partial charge in [-0.15, -0.1) is 0 Å². The first kappa shape index (κ1) is 23.8. The number of hydrogen-bond donors (Lipinski definition) is 2. The number of amides is 1. The van der Waals surface area contributed by atoms with Gasteiger partial charge in [0, 0.05) is 35.8 Å². The maximum atomic E-state index is 12.3. The van der Waals surface area contributed by atoms with Crippen LogP contribution in [0.3, 0.4) is 0 Å². The second-order valence-corrected chi connectivity index (χ2v) is 10.7. The molecule has 2 atom stereocenters. The predicted octanol–water partition coefficient (Wildman–Crippen LogP) is 4.38. The lowest BCUT2D eigenvalue weighted by Gasteiger charge is -2.22. The lowest BCUT2D eigenvalue weighted by molar-refractivity contribution is -0.129. The molecule has 0 spiro atoms. The summed E-state index contributed by atoms with van der Waals surface area (Å²) in [6, 6.07) is 5.88. The van der Waals surface area contributed by atoms with Crippen molar-refractivity contribution < 1.29 is 9.36 Å². The first-order valence-corrected chi connectivity index (χ1v) is 13.0. The SMILES string of the molecule is CNC(=O)[C@]1(C)CC[C@@H](Nc2ncc3c(Br)nn(-c4ccc5nc(C)c(C)c(P=O)c5c4)c3n2)C1. The summed E-state index contributed by atoms with van der Waals surface area (Å²) in [6.07, 6.45) is 4.12. The minimum Gasteiger partial charge on any atom is -0.359 e. The summed E-state index contributed by atoms with van der Waals surface area (Å²) < 4.78 is 14.3. The van der Waals surface area contributed by atoms with E-state index in [0.29, 0.717) is 22.6 Å². The van der Waals surface area contributed by atoms with Crippen molar-refractivity contribution in [1.29, 1.82) is 0 Å². The molecule has 1 saturated carbocycles. The van der Waals surface area contributed by atoms with E-state index in [0.717, 1.165) is 51.4 Å². The van der Waals surface area contributed by atoms with Gasteiger partial charge in [-0.05, 0) is 72.8 Å². The molecule has 3 aromatic heterocycles. The lowest BCUT2D eigenvalue weighted by atomic mass is 9.87. The molecule has 2 N–H and O–H groups in total. The first-order valence-electron chi connectivity index (χ1n) is 11.4. The summed E-state index contributed by atoms with van der Waals surface area (Å²) in [5.74, 6) is 0.554. The van der Waals surface area contributed by atoms with Crippen LogP contribution in [-0.2, 0) is 9.36 Å². The van der Waals surface area contributed by atoms with E-state index in [1.165, 1.54) is 0 Å². The number of nitrogens with zero attached hydrogens (tertiary/aromatic N) is 5. The number of anilines is 1. The van der Waals surface area contributed by atoms with Gasteiger partial charge in [0.1, 0.15) is 4.60 Å². The summed E-state index contributed by atoms with van der Waals surface area (Å²) in [7, 11) is 1.63. The maximum Gasteiger partial charge on any atom is 0.225 e. The van der Waals surface area contributed by atoms with Crippen LogP contribution < -0.4 is 15.9 Å². The van der Waals surface area contributed by atoms with Crippen LogP contribution in [0.2, 0.25) is 0 Å². The molecule has 35 heavy (non-hydrogen) atoms. The van der Waals surface area contributed by atoms with Gasteiger partial charge in [-0.25, -0.2) is 9.67 Å². The number of aryl methyl sites for hydroxylation is 1. The van der Waals surface area contributed by atoms with Crippen molar-refractivity contribution in [2.24, 2.45) is 5.41 Å². The Balaban J connectivity index is 1.53. The third-order valence-corrected chi connectivity index (χ3v) is 8.33. The number of pyridine rings is 1. The third-order valence-electron chi connectivity index (χ3n) is 6.99. The molecule has 11 heteroatoms. The summed E-state index contributed by atoms with van der Waals surface area (Å²) in [5.41, 5.74) is 3.57. The fraction of sp³-hybridized carbons (Fsp3) is 0.375. The zero-order chi connectivity index (χ0) is 24.9. The number of aromatic nitrogens is 5. The summed E-state index contributed by atoms with van der Waals surface area (Å²) in [5, 5.41) is 13.1. The van der Waals surface area contributed by atoms with Crippen molar-refractivity contribution in [3.8, 4) is 5.69 Å². The maximum absolute atomic E-state index is 12.3. The van der Waals surface area contributed by atoms with Crippen molar-refractivity contribution >= 4 is 63.5 Å². The number of halogens is 1. The van der Waals surface area contributed by atoms with Gasteiger partial charge in [-0.2, -0.15) is 10.1 Å². The van der Waals surface area contributed by atoms with E-state index < -0.39 is 5.41 Å². The van der Waals surface area contributed by atoms with E-state index in [1.54, 1.807) is 17.9 Å². The van der Waals surface area contributed by atoms with Gasteiger partial charge >= 0.3 is 0 Å². The van der Waals surface area contributed by atoms with Crippen LogP contribution in [-0.4, -0.2) is 43.7 Å². The number of hydrogen-bond acceptors (Lipinski definition) is 7. The zero-order valence-corrected chi connectivity index (χ0v) is 22.4. The minimum atomic E-state index is -0.393. The standard InChI is InChI=1S/C24H25BrN7O2P/c1-12-13(2)28-18-6-5-15(9-16(18)19(12)35-34)32-21-17(20(25)31-32)11-27-23(30-21)29-14-7-8-24(3,10-14)22(33)26-4/h5-6,9,11,14H,7-8,10H2,1-4H3,(H,26,33)(H,27,29,30)/t14-,24-/m1/s1. The van der Waals surface area contributed by atoms with Crippen molar-refractivity contribution in [1.82, 2.24) is 30.0 Å². The molecule has 1 aliphatic rings. The molecule has 0 aliphatic heterocycles. The van der Waals surface area contributed by atoms with E-state index in [-0.39, 0.29) is 20.4 Å². The number of carbonyl (C=O) groups is 1. The molecule has 0 radical (unpaired) electrons. The minimum absolute atomic E-state index is 0.0487. The molecule has 1 amide bonds. The fourth-order valence-electron chi connectivity index (χ4n) is 4.87. The van der Waals surface area contributed by atoms with Crippen molar-refractivity contribution in [3.63, 3.8) is 0 Å². The van der Waals surface area contributed by atoms with Crippen molar-refractivity contribution in [2.45, 2.75) is 46.1 Å². The highest BCUT2D eigenvalue weighted by molar-refractivity contribution is 9.10. The van der Waals surface area contributed by atoms with Crippen LogP contribution in [0.1, 0.15) is 37.4 Å².